The first-order chi connectivity index (χ1) is 8.09. The predicted molar refractivity (Wildman–Crippen MR) is 68.0 cm³/mol. The zero-order valence-electron chi connectivity index (χ0n) is 9.42. The van der Waals surface area contributed by atoms with Gasteiger partial charge in [-0.3, -0.25) is 4.79 Å². The van der Waals surface area contributed by atoms with Crippen molar-refractivity contribution in [3.63, 3.8) is 0 Å². The van der Waals surface area contributed by atoms with Crippen molar-refractivity contribution in [3.8, 4) is 0 Å². The zero-order chi connectivity index (χ0) is 12.7. The number of carbonyl (C=O) groups excluding carboxylic acids is 1. The SMILES string of the molecule is CC(=O)SCCC=Cc1ccc(C(=O)O)nc1. The van der Waals surface area contributed by atoms with Gasteiger partial charge in [-0.1, -0.05) is 30.0 Å². The molecular formula is C12H13NO3S. The first-order valence-corrected chi connectivity index (χ1v) is 6.07. The van der Waals surface area contributed by atoms with Crippen LogP contribution in [-0.4, -0.2) is 26.9 Å². The van der Waals surface area contributed by atoms with E-state index in [-0.39, 0.29) is 10.8 Å². The first-order valence-electron chi connectivity index (χ1n) is 5.09. The molecular weight excluding hydrogens is 238 g/mol. The number of nitrogens with zero attached hydrogens (tertiary/aromatic N) is 1. The lowest BCUT2D eigenvalue weighted by atomic mass is 10.2. The van der Waals surface area contributed by atoms with Gasteiger partial charge in [0.2, 0.25) is 0 Å². The summed E-state index contributed by atoms with van der Waals surface area (Å²) in [4.78, 5) is 25.0. The molecule has 5 heteroatoms. The Morgan fingerprint density at radius 1 is 1.47 bits per heavy atom. The van der Waals surface area contributed by atoms with E-state index in [2.05, 4.69) is 4.98 Å². The van der Waals surface area contributed by atoms with Gasteiger partial charge in [0.05, 0.1) is 0 Å². The van der Waals surface area contributed by atoms with E-state index < -0.39 is 5.97 Å². The van der Waals surface area contributed by atoms with Crippen molar-refractivity contribution in [2.24, 2.45) is 0 Å². The van der Waals surface area contributed by atoms with Crippen LogP contribution < -0.4 is 0 Å². The molecule has 17 heavy (non-hydrogen) atoms. The number of pyridine rings is 1. The van der Waals surface area contributed by atoms with Gasteiger partial charge in [-0.25, -0.2) is 9.78 Å². The fourth-order valence-corrected chi connectivity index (χ4v) is 1.66. The average Bonchev–Trinajstić information content (AvgIpc) is 2.29. The third-order valence-corrected chi connectivity index (χ3v) is 2.75. The van der Waals surface area contributed by atoms with Crippen molar-refractivity contribution >= 4 is 28.9 Å². The summed E-state index contributed by atoms with van der Waals surface area (Å²) in [5, 5.41) is 8.78. The smallest absolute Gasteiger partial charge is 0.354 e. The summed E-state index contributed by atoms with van der Waals surface area (Å²) in [6.07, 6.45) is 6.11. The number of hydrogen-bond acceptors (Lipinski definition) is 4. The molecule has 0 saturated heterocycles. The summed E-state index contributed by atoms with van der Waals surface area (Å²) >= 11 is 1.29. The molecule has 1 aromatic heterocycles. The van der Waals surface area contributed by atoms with Gasteiger partial charge in [-0.05, 0) is 18.1 Å². The molecule has 0 saturated carbocycles. The molecule has 1 heterocycles. The van der Waals surface area contributed by atoms with Gasteiger partial charge in [0.15, 0.2) is 5.12 Å². The lowest BCUT2D eigenvalue weighted by Crippen LogP contribution is -1.98. The minimum atomic E-state index is -1.03. The first kappa shape index (κ1) is 13.4. The van der Waals surface area contributed by atoms with Crippen LogP contribution in [0.3, 0.4) is 0 Å². The molecule has 1 rings (SSSR count). The summed E-state index contributed by atoms with van der Waals surface area (Å²) in [6, 6.07) is 3.16. The van der Waals surface area contributed by atoms with Gasteiger partial charge < -0.3 is 5.11 Å². The third-order valence-electron chi connectivity index (χ3n) is 1.91. The Labute approximate surface area is 104 Å². The minimum Gasteiger partial charge on any atom is -0.477 e. The molecule has 0 aliphatic carbocycles. The Morgan fingerprint density at radius 3 is 2.76 bits per heavy atom. The Hall–Kier alpha value is -1.62. The van der Waals surface area contributed by atoms with Crippen molar-refractivity contribution in [1.29, 1.82) is 0 Å². The summed E-state index contributed by atoms with van der Waals surface area (Å²) < 4.78 is 0. The quantitative estimate of drug-likeness (QED) is 0.814. The highest BCUT2D eigenvalue weighted by molar-refractivity contribution is 8.13. The topological polar surface area (TPSA) is 67.3 Å². The molecule has 0 radical (unpaired) electrons. The molecule has 0 aliphatic heterocycles. The van der Waals surface area contributed by atoms with E-state index in [0.29, 0.717) is 0 Å². The highest BCUT2D eigenvalue weighted by Crippen LogP contribution is 2.07. The highest BCUT2D eigenvalue weighted by atomic mass is 32.2. The van der Waals surface area contributed by atoms with Crippen LogP contribution in [0.1, 0.15) is 29.4 Å². The van der Waals surface area contributed by atoms with E-state index in [1.165, 1.54) is 24.0 Å². The van der Waals surface area contributed by atoms with E-state index in [9.17, 15) is 9.59 Å². The van der Waals surface area contributed by atoms with Crippen LogP contribution in [0.25, 0.3) is 6.08 Å². The van der Waals surface area contributed by atoms with E-state index in [1.807, 2.05) is 12.2 Å². The minimum absolute atomic E-state index is 0.0364. The lowest BCUT2D eigenvalue weighted by Gasteiger charge is -1.95. The van der Waals surface area contributed by atoms with Gasteiger partial charge in [0, 0.05) is 18.9 Å². The third kappa shape index (κ3) is 5.31. The average molecular weight is 251 g/mol. The second-order valence-electron chi connectivity index (χ2n) is 3.31. The normalized spacial score (nSPS) is 10.6. The largest absolute Gasteiger partial charge is 0.477 e. The number of aromatic nitrogens is 1. The van der Waals surface area contributed by atoms with Gasteiger partial charge in [-0.2, -0.15) is 0 Å². The van der Waals surface area contributed by atoms with Gasteiger partial charge in [0.25, 0.3) is 0 Å². The molecule has 0 amide bonds. The number of aromatic carboxylic acids is 1. The van der Waals surface area contributed by atoms with Crippen molar-refractivity contribution in [2.75, 3.05) is 5.75 Å². The van der Waals surface area contributed by atoms with Gasteiger partial charge in [0.1, 0.15) is 5.69 Å². The molecule has 0 unspecified atom stereocenters. The maximum Gasteiger partial charge on any atom is 0.354 e. The Kier molecular flexibility index (Phi) is 5.42. The van der Waals surface area contributed by atoms with E-state index in [0.717, 1.165) is 17.7 Å². The summed E-state index contributed by atoms with van der Waals surface area (Å²) in [6.45, 7) is 1.54. The summed E-state index contributed by atoms with van der Waals surface area (Å²) in [5.74, 6) is -0.273. The maximum absolute atomic E-state index is 10.7. The second kappa shape index (κ2) is 6.85. The fraction of sp³-hybridized carbons (Fsp3) is 0.250. The number of rotatable bonds is 5. The molecule has 0 aromatic carbocycles. The van der Waals surface area contributed by atoms with E-state index in [1.54, 1.807) is 13.0 Å². The molecule has 0 fully saturated rings. The van der Waals surface area contributed by atoms with Gasteiger partial charge in [-0.15, -0.1) is 0 Å². The zero-order valence-corrected chi connectivity index (χ0v) is 10.2. The Balaban J connectivity index is 2.43. The van der Waals surface area contributed by atoms with Crippen LogP contribution in [-0.2, 0) is 4.79 Å². The van der Waals surface area contributed by atoms with Gasteiger partial charge >= 0.3 is 5.97 Å². The van der Waals surface area contributed by atoms with E-state index in [4.69, 9.17) is 5.11 Å². The second-order valence-corrected chi connectivity index (χ2v) is 4.58. The predicted octanol–water partition coefficient (Wildman–Crippen LogP) is 2.46. The fourth-order valence-electron chi connectivity index (χ4n) is 1.12. The lowest BCUT2D eigenvalue weighted by molar-refractivity contribution is -0.109. The van der Waals surface area contributed by atoms with Crippen LogP contribution in [0, 0.1) is 0 Å². The van der Waals surface area contributed by atoms with Crippen molar-refractivity contribution in [2.45, 2.75) is 13.3 Å². The molecule has 1 aromatic rings. The number of carboxylic acids is 1. The molecule has 0 spiro atoms. The van der Waals surface area contributed by atoms with Crippen molar-refractivity contribution < 1.29 is 14.7 Å². The number of thioether (sulfide) groups is 1. The molecule has 0 aliphatic rings. The molecule has 0 bridgehead atoms. The van der Waals surface area contributed by atoms with Crippen LogP contribution in [0.2, 0.25) is 0 Å². The Bertz CT molecular complexity index is 426. The molecule has 1 N–H and O–H groups in total. The number of carboxylic acid groups (broad SMARTS) is 1. The number of hydrogen-bond donors (Lipinski definition) is 1. The van der Waals surface area contributed by atoms with Crippen LogP contribution in [0.15, 0.2) is 24.4 Å². The van der Waals surface area contributed by atoms with Crippen LogP contribution in [0.4, 0.5) is 0 Å². The highest BCUT2D eigenvalue weighted by Gasteiger charge is 2.01. The summed E-state index contributed by atoms with van der Waals surface area (Å²) in [7, 11) is 0. The van der Waals surface area contributed by atoms with Crippen molar-refractivity contribution in [3.05, 3.63) is 35.7 Å². The standard InChI is InChI=1S/C12H13NO3S/c1-9(14)17-7-3-2-4-10-5-6-11(12(15)16)13-8-10/h2,4-6,8H,3,7H2,1H3,(H,15,16). The van der Waals surface area contributed by atoms with E-state index >= 15 is 0 Å². The molecule has 90 valence electrons. The maximum atomic E-state index is 10.7. The van der Waals surface area contributed by atoms with Crippen LogP contribution in [0.5, 0.6) is 0 Å². The molecule has 4 nitrogen and oxygen atoms in total. The number of carbonyl (C=O) groups is 2. The van der Waals surface area contributed by atoms with Crippen LogP contribution >= 0.6 is 11.8 Å². The van der Waals surface area contributed by atoms with Crippen molar-refractivity contribution in [1.82, 2.24) is 4.98 Å². The Morgan fingerprint density at radius 2 is 2.24 bits per heavy atom. The number of allylic oxidation sites excluding steroid dienone is 1. The monoisotopic (exact) mass is 251 g/mol. The summed E-state index contributed by atoms with van der Waals surface area (Å²) in [5.41, 5.74) is 0.886. The molecule has 0 atom stereocenters.